The molecule has 0 radical (unpaired) electrons. The zero-order chi connectivity index (χ0) is 17.0. The van der Waals surface area contributed by atoms with Crippen molar-refractivity contribution in [3.8, 4) is 16.6 Å². The molecule has 0 spiro atoms. The van der Waals surface area contributed by atoms with E-state index in [1.807, 2.05) is 11.4 Å². The van der Waals surface area contributed by atoms with Gasteiger partial charge in [0.25, 0.3) is 0 Å². The number of benzene rings is 1. The summed E-state index contributed by atoms with van der Waals surface area (Å²) in [6, 6.07) is 5.04. The Morgan fingerprint density at radius 3 is 2.29 bits per heavy atom. The summed E-state index contributed by atoms with van der Waals surface area (Å²) in [6.07, 6.45) is 0. The summed E-state index contributed by atoms with van der Waals surface area (Å²) >= 11 is 2.67. The highest BCUT2D eigenvalue weighted by Crippen LogP contribution is 2.40. The summed E-state index contributed by atoms with van der Waals surface area (Å²) in [6.45, 7) is 0. The minimum Gasteiger partial charge on any atom is -0.203 e. The monoisotopic (exact) mass is 365 g/mol. The van der Waals surface area contributed by atoms with Crippen molar-refractivity contribution in [2.24, 2.45) is 0 Å². The molecule has 0 saturated carbocycles. The van der Waals surface area contributed by atoms with E-state index < -0.39 is 39.7 Å². The predicted octanol–water partition coefficient (Wildman–Crippen LogP) is 5.00. The number of fused-ring (bicyclic) bond motifs is 2. The third-order valence-corrected chi connectivity index (χ3v) is 5.57. The van der Waals surface area contributed by atoms with Crippen LogP contribution in [0, 0.1) is 34.6 Å². The Bertz CT molecular complexity index is 1140. The number of aromatic nitrogens is 2. The van der Waals surface area contributed by atoms with Gasteiger partial charge in [-0.2, -0.15) is 5.26 Å². The quantitative estimate of drug-likeness (QED) is 0.271. The van der Waals surface area contributed by atoms with Crippen molar-refractivity contribution in [2.75, 3.05) is 0 Å². The molecule has 0 saturated heterocycles. The van der Waals surface area contributed by atoms with Gasteiger partial charge in [0.05, 0.1) is 15.6 Å². The van der Waals surface area contributed by atoms with Gasteiger partial charge in [-0.05, 0) is 17.5 Å². The topological polar surface area (TPSA) is 49.6 Å². The van der Waals surface area contributed by atoms with Gasteiger partial charge >= 0.3 is 0 Å². The Kier molecular flexibility index (Phi) is 3.26. The SMILES string of the molecule is N#Cc1nnc(-c2cc3sccc3s2)c2c(F)c(F)c(F)c(F)c12. The fraction of sp³-hybridized carbons (Fsp3) is 0. The van der Waals surface area contributed by atoms with E-state index in [1.165, 1.54) is 28.7 Å². The average molecular weight is 365 g/mol. The van der Waals surface area contributed by atoms with Crippen LogP contribution in [0.25, 0.3) is 30.7 Å². The normalized spacial score (nSPS) is 11.3. The standard InChI is InChI=1S/C15H3F4N3S2/c16-11-9-5(4-20)21-22-15(10(9)12(17)14(19)13(11)18)8-3-7-6(24-8)1-2-23-7/h1-3H. The van der Waals surface area contributed by atoms with Crippen LogP contribution in [0.4, 0.5) is 17.6 Å². The maximum Gasteiger partial charge on any atom is 0.198 e. The Morgan fingerprint density at radius 2 is 1.62 bits per heavy atom. The van der Waals surface area contributed by atoms with E-state index >= 15 is 0 Å². The minimum atomic E-state index is -1.98. The highest BCUT2D eigenvalue weighted by Gasteiger charge is 2.27. The van der Waals surface area contributed by atoms with Crippen LogP contribution in [-0.4, -0.2) is 10.2 Å². The highest BCUT2D eigenvalue weighted by atomic mass is 32.1. The molecule has 3 aromatic heterocycles. The van der Waals surface area contributed by atoms with Gasteiger partial charge in [0.2, 0.25) is 0 Å². The van der Waals surface area contributed by atoms with E-state index in [0.29, 0.717) is 4.88 Å². The fourth-order valence-electron chi connectivity index (χ4n) is 2.41. The smallest absolute Gasteiger partial charge is 0.198 e. The maximum atomic E-state index is 14.3. The molecule has 0 aliphatic rings. The van der Waals surface area contributed by atoms with E-state index in [-0.39, 0.29) is 5.69 Å². The van der Waals surface area contributed by atoms with Crippen LogP contribution in [0.2, 0.25) is 0 Å². The molecule has 0 atom stereocenters. The summed E-state index contributed by atoms with van der Waals surface area (Å²) in [5.74, 6) is -7.18. The van der Waals surface area contributed by atoms with Crippen LogP contribution in [-0.2, 0) is 0 Å². The first-order valence-corrected chi connectivity index (χ1v) is 8.12. The molecule has 0 amide bonds. The number of halogens is 4. The number of rotatable bonds is 1. The lowest BCUT2D eigenvalue weighted by atomic mass is 10.1. The van der Waals surface area contributed by atoms with Gasteiger partial charge in [0.1, 0.15) is 11.8 Å². The van der Waals surface area contributed by atoms with E-state index in [4.69, 9.17) is 5.26 Å². The first-order chi connectivity index (χ1) is 11.5. The fourth-order valence-corrected chi connectivity index (χ4v) is 4.51. The zero-order valence-corrected chi connectivity index (χ0v) is 13.0. The zero-order valence-electron chi connectivity index (χ0n) is 11.4. The van der Waals surface area contributed by atoms with Crippen molar-refractivity contribution in [2.45, 2.75) is 0 Å². The summed E-state index contributed by atoms with van der Waals surface area (Å²) in [4.78, 5) is 0.420. The van der Waals surface area contributed by atoms with Crippen molar-refractivity contribution in [3.05, 3.63) is 46.5 Å². The average Bonchev–Trinajstić information content (AvgIpc) is 3.18. The molecule has 9 heteroatoms. The predicted molar refractivity (Wildman–Crippen MR) is 82.8 cm³/mol. The molecule has 0 N–H and O–H groups in total. The van der Waals surface area contributed by atoms with Gasteiger partial charge in [-0.3, -0.25) is 0 Å². The van der Waals surface area contributed by atoms with Gasteiger partial charge in [0.15, 0.2) is 29.0 Å². The van der Waals surface area contributed by atoms with Crippen molar-refractivity contribution in [3.63, 3.8) is 0 Å². The Balaban J connectivity index is 2.18. The third-order valence-electron chi connectivity index (χ3n) is 3.47. The lowest BCUT2D eigenvalue weighted by Gasteiger charge is -2.08. The molecule has 0 bridgehead atoms. The summed E-state index contributed by atoms with van der Waals surface area (Å²) in [7, 11) is 0. The molecule has 3 nitrogen and oxygen atoms in total. The highest BCUT2D eigenvalue weighted by molar-refractivity contribution is 7.28. The molecule has 1 aromatic carbocycles. The van der Waals surface area contributed by atoms with Crippen LogP contribution in [0.15, 0.2) is 17.5 Å². The number of hydrogen-bond acceptors (Lipinski definition) is 5. The lowest BCUT2D eigenvalue weighted by molar-refractivity contribution is 0.417. The van der Waals surface area contributed by atoms with Crippen molar-refractivity contribution >= 4 is 42.8 Å². The minimum absolute atomic E-state index is 0.132. The van der Waals surface area contributed by atoms with Crippen LogP contribution in [0.5, 0.6) is 0 Å². The first-order valence-electron chi connectivity index (χ1n) is 6.42. The van der Waals surface area contributed by atoms with Crippen LogP contribution in [0.1, 0.15) is 5.69 Å². The summed E-state index contributed by atoms with van der Waals surface area (Å²) in [5, 5.41) is 16.8. The van der Waals surface area contributed by atoms with Crippen LogP contribution in [0.3, 0.4) is 0 Å². The molecule has 0 aliphatic heterocycles. The van der Waals surface area contributed by atoms with Crippen molar-refractivity contribution < 1.29 is 17.6 Å². The molecule has 4 aromatic rings. The van der Waals surface area contributed by atoms with E-state index in [2.05, 4.69) is 10.2 Å². The summed E-state index contributed by atoms with van der Waals surface area (Å²) in [5.41, 5.74) is -0.741. The number of nitriles is 1. The van der Waals surface area contributed by atoms with Crippen molar-refractivity contribution in [1.82, 2.24) is 10.2 Å². The Morgan fingerprint density at radius 1 is 0.917 bits per heavy atom. The third kappa shape index (κ3) is 1.93. The van der Waals surface area contributed by atoms with Gasteiger partial charge in [-0.15, -0.1) is 32.9 Å². The second-order valence-electron chi connectivity index (χ2n) is 4.77. The largest absolute Gasteiger partial charge is 0.203 e. The van der Waals surface area contributed by atoms with Gasteiger partial charge < -0.3 is 0 Å². The Labute approximate surface area is 139 Å². The summed E-state index contributed by atoms with van der Waals surface area (Å²) < 4.78 is 57.5. The van der Waals surface area contributed by atoms with Gasteiger partial charge in [-0.25, -0.2) is 17.6 Å². The van der Waals surface area contributed by atoms with E-state index in [1.54, 1.807) is 6.07 Å². The Hall–Kier alpha value is -2.57. The number of thiophene rings is 2. The van der Waals surface area contributed by atoms with Crippen LogP contribution < -0.4 is 0 Å². The second kappa shape index (κ2) is 5.22. The lowest BCUT2D eigenvalue weighted by Crippen LogP contribution is -2.04. The first kappa shape index (κ1) is 15.0. The number of nitrogens with zero attached hydrogens (tertiary/aromatic N) is 3. The van der Waals surface area contributed by atoms with Crippen LogP contribution >= 0.6 is 22.7 Å². The van der Waals surface area contributed by atoms with Gasteiger partial charge in [-0.1, -0.05) is 0 Å². The maximum absolute atomic E-state index is 14.3. The molecule has 118 valence electrons. The molecular formula is C15H3F4N3S2. The molecule has 0 aliphatic carbocycles. The van der Waals surface area contributed by atoms with Crippen molar-refractivity contribution in [1.29, 1.82) is 5.26 Å². The molecule has 0 fully saturated rings. The molecule has 24 heavy (non-hydrogen) atoms. The molecule has 0 unspecified atom stereocenters. The van der Waals surface area contributed by atoms with E-state index in [9.17, 15) is 17.6 Å². The second-order valence-corrected chi connectivity index (χ2v) is 6.81. The van der Waals surface area contributed by atoms with E-state index in [0.717, 1.165) is 9.40 Å². The molecule has 4 rings (SSSR count). The molecular weight excluding hydrogens is 362 g/mol. The number of hydrogen-bond donors (Lipinski definition) is 0. The molecule has 3 heterocycles. The van der Waals surface area contributed by atoms with Gasteiger partial charge in [0, 0.05) is 9.40 Å².